The number of methoxy groups -OCH3 is 1. The van der Waals surface area contributed by atoms with E-state index in [-0.39, 0.29) is 17.9 Å². The van der Waals surface area contributed by atoms with Gasteiger partial charge in [0.1, 0.15) is 11.6 Å². The number of ether oxygens (including phenoxy) is 1. The molecule has 2 N–H and O–H groups in total. The van der Waals surface area contributed by atoms with Crippen molar-refractivity contribution in [2.75, 3.05) is 30.8 Å². The number of rotatable bonds is 8. The number of carbonyl (C=O) groups excluding carboxylic acids is 2. The van der Waals surface area contributed by atoms with Gasteiger partial charge in [-0.25, -0.2) is 4.98 Å². The van der Waals surface area contributed by atoms with Gasteiger partial charge in [-0.1, -0.05) is 48.5 Å². The number of hydrogen-bond acceptors (Lipinski definition) is 5. The van der Waals surface area contributed by atoms with Crippen LogP contribution in [-0.2, 0) is 0 Å². The van der Waals surface area contributed by atoms with Gasteiger partial charge in [-0.15, -0.1) is 0 Å². The molecular formula is C35H38N4O3. The van der Waals surface area contributed by atoms with Crippen LogP contribution in [0.25, 0.3) is 11.1 Å². The van der Waals surface area contributed by atoms with Crippen LogP contribution in [0.5, 0.6) is 5.75 Å². The summed E-state index contributed by atoms with van der Waals surface area (Å²) in [7, 11) is 1.69. The standard InChI is InChI=1S/C35H38N4O3/c1-23(2)37-33-16-15-29(22-36-33)34(40)38-31-21-28(10-9-24(31)3)35(41)39-19-17-26(18-20-39)25-11-13-27(14-12-25)30-7-5-6-8-32(30)42-4/h5-16,21-23,26H,17-20H2,1-4H3,(H,36,37)(H,38,40). The zero-order valence-electron chi connectivity index (χ0n) is 24.7. The van der Waals surface area contributed by atoms with Crippen molar-refractivity contribution in [2.24, 2.45) is 0 Å². The number of amides is 2. The Hall–Kier alpha value is -4.65. The second kappa shape index (κ2) is 12.9. The van der Waals surface area contributed by atoms with Gasteiger partial charge in [-0.2, -0.15) is 0 Å². The van der Waals surface area contributed by atoms with E-state index in [2.05, 4.69) is 45.9 Å². The summed E-state index contributed by atoms with van der Waals surface area (Å²) in [6.45, 7) is 7.36. The van der Waals surface area contributed by atoms with Gasteiger partial charge < -0.3 is 20.3 Å². The molecule has 2 heterocycles. The van der Waals surface area contributed by atoms with Crippen LogP contribution in [0.1, 0.15) is 64.4 Å². The number of aryl methyl sites for hydroxylation is 1. The predicted octanol–water partition coefficient (Wildman–Crippen LogP) is 7.16. The number of hydrogen-bond donors (Lipinski definition) is 2. The zero-order valence-corrected chi connectivity index (χ0v) is 24.7. The maximum Gasteiger partial charge on any atom is 0.257 e. The molecule has 3 aromatic carbocycles. The van der Waals surface area contributed by atoms with Gasteiger partial charge in [0.15, 0.2) is 0 Å². The topological polar surface area (TPSA) is 83.6 Å². The normalized spacial score (nSPS) is 13.6. The smallest absolute Gasteiger partial charge is 0.257 e. The molecule has 0 radical (unpaired) electrons. The van der Waals surface area contributed by atoms with Crippen molar-refractivity contribution in [1.82, 2.24) is 9.88 Å². The summed E-state index contributed by atoms with van der Waals surface area (Å²) in [6, 6.07) is 26.0. The number of benzene rings is 3. The van der Waals surface area contributed by atoms with E-state index in [1.54, 1.807) is 31.5 Å². The molecule has 1 aromatic heterocycles. The Morgan fingerprint density at radius 1 is 0.929 bits per heavy atom. The Morgan fingerprint density at radius 3 is 2.31 bits per heavy atom. The van der Waals surface area contributed by atoms with Crippen molar-refractivity contribution >= 4 is 23.3 Å². The third-order valence-corrected chi connectivity index (χ3v) is 7.78. The van der Waals surface area contributed by atoms with E-state index >= 15 is 0 Å². The van der Waals surface area contributed by atoms with Crippen molar-refractivity contribution in [2.45, 2.75) is 45.6 Å². The molecule has 0 aliphatic carbocycles. The average molecular weight is 563 g/mol. The van der Waals surface area contributed by atoms with Crippen LogP contribution in [0.2, 0.25) is 0 Å². The highest BCUT2D eigenvalue weighted by Gasteiger charge is 2.25. The van der Waals surface area contributed by atoms with Gasteiger partial charge >= 0.3 is 0 Å². The molecule has 7 nitrogen and oxygen atoms in total. The van der Waals surface area contributed by atoms with Gasteiger partial charge in [-0.3, -0.25) is 9.59 Å². The van der Waals surface area contributed by atoms with E-state index in [1.807, 2.05) is 56.0 Å². The van der Waals surface area contributed by atoms with E-state index in [9.17, 15) is 9.59 Å². The number of nitrogens with zero attached hydrogens (tertiary/aromatic N) is 2. The summed E-state index contributed by atoms with van der Waals surface area (Å²) in [5, 5.41) is 6.17. The Labute approximate surface area is 247 Å². The molecule has 1 fully saturated rings. The van der Waals surface area contributed by atoms with E-state index in [1.165, 1.54) is 5.56 Å². The maximum absolute atomic E-state index is 13.4. The Morgan fingerprint density at radius 2 is 1.64 bits per heavy atom. The third kappa shape index (κ3) is 6.62. The molecule has 0 atom stereocenters. The van der Waals surface area contributed by atoms with E-state index in [0.717, 1.165) is 41.1 Å². The number of anilines is 2. The van der Waals surface area contributed by atoms with Gasteiger partial charge in [0.05, 0.1) is 12.7 Å². The SMILES string of the molecule is COc1ccccc1-c1ccc(C2CCN(C(=O)c3ccc(C)c(NC(=O)c4ccc(NC(C)C)nc4)c3)CC2)cc1. The van der Waals surface area contributed by atoms with Crippen LogP contribution < -0.4 is 15.4 Å². The van der Waals surface area contributed by atoms with Gasteiger partial charge in [0.25, 0.3) is 11.8 Å². The molecule has 0 bridgehead atoms. The summed E-state index contributed by atoms with van der Waals surface area (Å²) in [5.41, 5.74) is 6.05. The molecule has 216 valence electrons. The van der Waals surface area contributed by atoms with Crippen LogP contribution in [0.15, 0.2) is 85.1 Å². The van der Waals surface area contributed by atoms with Crippen LogP contribution in [0, 0.1) is 6.92 Å². The molecule has 0 saturated carbocycles. The lowest BCUT2D eigenvalue weighted by atomic mass is 9.88. The fourth-order valence-electron chi connectivity index (χ4n) is 5.41. The molecule has 4 aromatic rings. The van der Waals surface area contributed by atoms with Crippen LogP contribution in [0.4, 0.5) is 11.5 Å². The number of para-hydroxylation sites is 1. The van der Waals surface area contributed by atoms with Crippen molar-refractivity contribution in [1.29, 1.82) is 0 Å². The first-order valence-electron chi connectivity index (χ1n) is 14.5. The number of pyridine rings is 1. The maximum atomic E-state index is 13.4. The summed E-state index contributed by atoms with van der Waals surface area (Å²) < 4.78 is 5.52. The number of aromatic nitrogens is 1. The van der Waals surface area contributed by atoms with E-state index < -0.39 is 0 Å². The minimum atomic E-state index is -0.260. The summed E-state index contributed by atoms with van der Waals surface area (Å²) in [5.74, 6) is 1.72. The van der Waals surface area contributed by atoms with Crippen LogP contribution >= 0.6 is 0 Å². The quantitative estimate of drug-likeness (QED) is 0.238. The van der Waals surface area contributed by atoms with Crippen LogP contribution in [0.3, 0.4) is 0 Å². The molecule has 7 heteroatoms. The monoisotopic (exact) mass is 562 g/mol. The molecule has 0 spiro atoms. The fraction of sp³-hybridized carbons (Fsp3) is 0.286. The lowest BCUT2D eigenvalue weighted by Gasteiger charge is -2.32. The molecule has 1 aliphatic heterocycles. The summed E-state index contributed by atoms with van der Waals surface area (Å²) in [6.07, 6.45) is 3.37. The Kier molecular flexibility index (Phi) is 8.86. The molecule has 42 heavy (non-hydrogen) atoms. The second-order valence-corrected chi connectivity index (χ2v) is 11.1. The number of likely N-dealkylation sites (tertiary alicyclic amines) is 1. The third-order valence-electron chi connectivity index (χ3n) is 7.78. The lowest BCUT2D eigenvalue weighted by molar-refractivity contribution is 0.0712. The van der Waals surface area contributed by atoms with Gasteiger partial charge in [0, 0.05) is 42.1 Å². The first-order valence-corrected chi connectivity index (χ1v) is 14.5. The Balaban J connectivity index is 1.20. The molecule has 2 amide bonds. The molecule has 1 aliphatic rings. The highest BCUT2D eigenvalue weighted by molar-refractivity contribution is 6.05. The average Bonchev–Trinajstić information content (AvgIpc) is 3.02. The minimum absolute atomic E-state index is 0.0127. The Bertz CT molecular complexity index is 1540. The first kappa shape index (κ1) is 28.9. The highest BCUT2D eigenvalue weighted by Crippen LogP contribution is 2.33. The van der Waals surface area contributed by atoms with Crippen molar-refractivity contribution < 1.29 is 14.3 Å². The first-order chi connectivity index (χ1) is 20.3. The van der Waals surface area contributed by atoms with Gasteiger partial charge in [-0.05, 0) is 86.6 Å². The predicted molar refractivity (Wildman–Crippen MR) is 168 cm³/mol. The van der Waals surface area contributed by atoms with E-state index in [4.69, 9.17) is 4.74 Å². The van der Waals surface area contributed by atoms with Crippen LogP contribution in [-0.4, -0.2) is 47.9 Å². The largest absolute Gasteiger partial charge is 0.496 e. The highest BCUT2D eigenvalue weighted by atomic mass is 16.5. The second-order valence-electron chi connectivity index (χ2n) is 11.1. The summed E-state index contributed by atoms with van der Waals surface area (Å²) in [4.78, 5) is 32.6. The zero-order chi connectivity index (χ0) is 29.6. The lowest BCUT2D eigenvalue weighted by Crippen LogP contribution is -2.38. The summed E-state index contributed by atoms with van der Waals surface area (Å²) >= 11 is 0. The minimum Gasteiger partial charge on any atom is -0.496 e. The number of piperidine rings is 1. The molecule has 1 saturated heterocycles. The van der Waals surface area contributed by atoms with Crippen molar-refractivity contribution in [3.63, 3.8) is 0 Å². The number of carbonyl (C=O) groups is 2. The molecule has 5 rings (SSSR count). The van der Waals surface area contributed by atoms with Crippen molar-refractivity contribution in [3.05, 3.63) is 107 Å². The number of nitrogens with one attached hydrogen (secondary N) is 2. The van der Waals surface area contributed by atoms with E-state index in [0.29, 0.717) is 35.8 Å². The molecular weight excluding hydrogens is 524 g/mol. The van der Waals surface area contributed by atoms with Crippen molar-refractivity contribution in [3.8, 4) is 16.9 Å². The molecule has 0 unspecified atom stereocenters. The van der Waals surface area contributed by atoms with Gasteiger partial charge in [0.2, 0.25) is 0 Å². The fourth-order valence-corrected chi connectivity index (χ4v) is 5.41.